The largest absolute Gasteiger partial charge is 0.481 e. The molecule has 1 fully saturated rings. The number of amides is 2. The average molecular weight is 937 g/mol. The lowest BCUT2D eigenvalue weighted by molar-refractivity contribution is -0.152. The fourth-order valence-corrected chi connectivity index (χ4v) is 9.01. The Bertz CT molecular complexity index is 1140. The molecule has 11 heteroatoms. The number of nitrogens with one attached hydrogen (secondary N) is 1. The third-order valence-electron chi connectivity index (χ3n) is 13.2. The number of hydrogen-bond donors (Lipinski definition) is 2. The van der Waals surface area contributed by atoms with Crippen molar-refractivity contribution in [3.05, 3.63) is 0 Å². The van der Waals surface area contributed by atoms with Crippen LogP contribution < -0.4 is 5.32 Å². The van der Waals surface area contributed by atoms with E-state index >= 15 is 0 Å². The Morgan fingerprint density at radius 2 is 0.985 bits per heavy atom. The van der Waals surface area contributed by atoms with Crippen molar-refractivity contribution >= 4 is 23.9 Å². The molecular weight excluding hydrogens is 833 g/mol. The van der Waals surface area contributed by atoms with E-state index in [2.05, 4.69) is 19.2 Å². The van der Waals surface area contributed by atoms with Crippen molar-refractivity contribution in [1.82, 2.24) is 10.2 Å². The summed E-state index contributed by atoms with van der Waals surface area (Å²) < 4.78 is 23.2. The lowest BCUT2D eigenvalue weighted by atomic mass is 10.0. The van der Waals surface area contributed by atoms with E-state index in [9.17, 15) is 19.2 Å². The number of esters is 1. The van der Waals surface area contributed by atoms with E-state index in [1.54, 1.807) is 4.90 Å². The van der Waals surface area contributed by atoms with Crippen LogP contribution in [0.25, 0.3) is 0 Å². The predicted octanol–water partition coefficient (Wildman–Crippen LogP) is 14.6. The van der Waals surface area contributed by atoms with Crippen molar-refractivity contribution in [2.75, 3.05) is 39.5 Å². The molecule has 0 aromatic carbocycles. The first-order valence-corrected chi connectivity index (χ1v) is 28.1. The molecule has 1 heterocycles. The number of aliphatic carboxylic acids is 1. The molecule has 1 rings (SSSR count). The molecule has 1 unspecified atom stereocenters. The topological polar surface area (TPSA) is 141 Å². The van der Waals surface area contributed by atoms with E-state index in [4.69, 9.17) is 24.1 Å². The van der Waals surface area contributed by atoms with E-state index in [0.717, 1.165) is 32.1 Å². The molecule has 11 nitrogen and oxygen atoms in total. The highest BCUT2D eigenvalue weighted by atomic mass is 16.6. The van der Waals surface area contributed by atoms with Crippen molar-refractivity contribution in [3.63, 3.8) is 0 Å². The molecule has 0 aliphatic carbocycles. The number of likely N-dealkylation sites (tertiary alicyclic amines) is 1. The molecule has 388 valence electrons. The van der Waals surface area contributed by atoms with E-state index < -0.39 is 24.1 Å². The van der Waals surface area contributed by atoms with E-state index in [1.807, 2.05) is 6.92 Å². The van der Waals surface area contributed by atoms with E-state index in [-0.39, 0.29) is 37.5 Å². The van der Waals surface area contributed by atoms with Crippen LogP contribution in [0.5, 0.6) is 0 Å². The van der Waals surface area contributed by atoms with Gasteiger partial charge in [0.15, 0.2) is 0 Å². The monoisotopic (exact) mass is 937 g/mol. The molecule has 2 amide bonds. The quantitative estimate of drug-likeness (QED) is 0.0450. The molecule has 0 aromatic rings. The third kappa shape index (κ3) is 39.6. The van der Waals surface area contributed by atoms with Crippen LogP contribution in [0.2, 0.25) is 0 Å². The summed E-state index contributed by atoms with van der Waals surface area (Å²) in [5.41, 5.74) is 0. The summed E-state index contributed by atoms with van der Waals surface area (Å²) in [4.78, 5) is 49.9. The number of hydrogen-bond acceptors (Lipinski definition) is 8. The number of rotatable bonds is 49. The predicted molar refractivity (Wildman–Crippen MR) is 270 cm³/mol. The zero-order valence-electron chi connectivity index (χ0n) is 43.2. The van der Waals surface area contributed by atoms with E-state index in [0.29, 0.717) is 52.2 Å². The smallest absolute Gasteiger partial charge is 0.407 e. The van der Waals surface area contributed by atoms with Gasteiger partial charge in [-0.25, -0.2) is 4.79 Å². The van der Waals surface area contributed by atoms with Gasteiger partial charge < -0.3 is 34.3 Å². The lowest BCUT2D eigenvalue weighted by Gasteiger charge is -2.21. The first kappa shape index (κ1) is 61.6. The van der Waals surface area contributed by atoms with Gasteiger partial charge in [-0.05, 0) is 32.6 Å². The van der Waals surface area contributed by atoms with Crippen molar-refractivity contribution in [3.8, 4) is 0 Å². The van der Waals surface area contributed by atoms with Crippen LogP contribution in [-0.2, 0) is 33.3 Å². The van der Waals surface area contributed by atoms with Gasteiger partial charge in [-0.2, -0.15) is 0 Å². The summed E-state index contributed by atoms with van der Waals surface area (Å²) in [5, 5.41) is 11.6. The van der Waals surface area contributed by atoms with E-state index in [1.165, 1.54) is 186 Å². The van der Waals surface area contributed by atoms with Crippen molar-refractivity contribution in [2.45, 2.75) is 289 Å². The maximum absolute atomic E-state index is 12.9. The molecule has 0 spiro atoms. The number of carbonyl (C=O) groups is 4. The van der Waals surface area contributed by atoms with Gasteiger partial charge >= 0.3 is 18.0 Å². The van der Waals surface area contributed by atoms with Gasteiger partial charge in [-0.1, -0.05) is 213 Å². The summed E-state index contributed by atoms with van der Waals surface area (Å²) in [6.45, 7) is 9.21. The SMILES string of the molecule is CCCCCCCCCCCCCCCCCCOCC(COC(=O)NCCCCCC(=O)N1C[C@H](OC(=O)CCC(=O)O)C[C@H]1C)OCCCCCCCCCCCCCCCCCC. The van der Waals surface area contributed by atoms with Crippen LogP contribution in [0.3, 0.4) is 0 Å². The van der Waals surface area contributed by atoms with Crippen LogP contribution >= 0.6 is 0 Å². The maximum atomic E-state index is 12.9. The zero-order valence-corrected chi connectivity index (χ0v) is 43.2. The molecule has 1 aliphatic heterocycles. The maximum Gasteiger partial charge on any atom is 0.407 e. The minimum Gasteiger partial charge on any atom is -0.481 e. The number of carbonyl (C=O) groups excluding carboxylic acids is 3. The van der Waals surface area contributed by atoms with Gasteiger partial charge in [-0.3, -0.25) is 14.4 Å². The molecule has 0 radical (unpaired) electrons. The summed E-state index contributed by atoms with van der Waals surface area (Å²) >= 11 is 0. The number of ether oxygens (including phenoxy) is 4. The summed E-state index contributed by atoms with van der Waals surface area (Å²) in [5.74, 6) is -1.57. The number of carboxylic acids is 1. The highest BCUT2D eigenvalue weighted by molar-refractivity contribution is 5.78. The van der Waals surface area contributed by atoms with Crippen molar-refractivity contribution in [1.29, 1.82) is 0 Å². The highest BCUT2D eigenvalue weighted by Crippen LogP contribution is 2.23. The Hall–Kier alpha value is -2.40. The number of alkyl carbamates (subject to hydrolysis) is 1. The van der Waals surface area contributed by atoms with Gasteiger partial charge in [-0.15, -0.1) is 0 Å². The van der Waals surface area contributed by atoms with Crippen LogP contribution in [-0.4, -0.2) is 91.7 Å². The Kier molecular flexibility index (Phi) is 43.3. The first-order valence-electron chi connectivity index (χ1n) is 28.1. The Balaban J connectivity index is 2.25. The van der Waals surface area contributed by atoms with Gasteiger partial charge in [0.1, 0.15) is 18.8 Å². The third-order valence-corrected chi connectivity index (χ3v) is 13.2. The summed E-state index contributed by atoms with van der Waals surface area (Å²) in [6, 6.07) is -0.0443. The van der Waals surface area contributed by atoms with Crippen LogP contribution in [0.15, 0.2) is 0 Å². The Morgan fingerprint density at radius 3 is 1.45 bits per heavy atom. The Labute approximate surface area is 405 Å². The molecular formula is C55H104N2O9. The second-order valence-corrected chi connectivity index (χ2v) is 19.6. The summed E-state index contributed by atoms with van der Waals surface area (Å²) in [7, 11) is 0. The molecule has 66 heavy (non-hydrogen) atoms. The van der Waals surface area contributed by atoms with Crippen molar-refractivity contribution in [2.24, 2.45) is 0 Å². The molecule has 0 aromatic heterocycles. The van der Waals surface area contributed by atoms with Gasteiger partial charge in [0.05, 0.1) is 26.0 Å². The number of nitrogens with zero attached hydrogens (tertiary/aromatic N) is 1. The molecule has 3 atom stereocenters. The second kappa shape index (κ2) is 46.3. The van der Waals surface area contributed by atoms with Crippen molar-refractivity contribution < 1.29 is 43.2 Å². The second-order valence-electron chi connectivity index (χ2n) is 19.6. The minimum atomic E-state index is -1.04. The van der Waals surface area contributed by atoms with Crippen LogP contribution in [0, 0.1) is 0 Å². The van der Waals surface area contributed by atoms with Gasteiger partial charge in [0, 0.05) is 38.6 Å². The molecule has 2 N–H and O–H groups in total. The van der Waals surface area contributed by atoms with Gasteiger partial charge in [0.25, 0.3) is 0 Å². The molecule has 0 saturated carbocycles. The highest BCUT2D eigenvalue weighted by Gasteiger charge is 2.34. The van der Waals surface area contributed by atoms with Crippen LogP contribution in [0.1, 0.15) is 271 Å². The molecule has 1 saturated heterocycles. The average Bonchev–Trinajstić information content (AvgIpc) is 3.67. The summed E-state index contributed by atoms with van der Waals surface area (Å²) in [6.07, 6.45) is 44.3. The normalized spacial score (nSPS) is 15.3. The number of unbranched alkanes of at least 4 members (excludes halogenated alkanes) is 32. The Morgan fingerprint density at radius 1 is 0.545 bits per heavy atom. The molecule has 1 aliphatic rings. The number of carboxylic acid groups (broad SMARTS) is 1. The molecule has 0 bridgehead atoms. The van der Waals surface area contributed by atoms with Gasteiger partial charge in [0.2, 0.25) is 5.91 Å². The standard InChI is InChI=1S/C55H104N2O9/c1-4-6-8-10-12-14-16-18-20-22-24-26-28-30-32-37-43-63-47-51(64-44-38-33-31-29-27-25-23-21-19-17-15-13-11-9-7-5-2)48-65-55(62)56-42-36-34-35-39-52(58)57-46-50(45-49(57)3)66-54(61)41-40-53(59)60/h49-51H,4-48H2,1-3H3,(H,56,62)(H,59,60)/t49-,50-,51?/m1/s1. The zero-order chi connectivity index (χ0) is 48.0. The van der Waals surface area contributed by atoms with Crippen LogP contribution in [0.4, 0.5) is 4.79 Å². The fourth-order valence-electron chi connectivity index (χ4n) is 9.01. The minimum absolute atomic E-state index is 0.0154. The lowest BCUT2D eigenvalue weighted by Crippen LogP contribution is -2.34. The fraction of sp³-hybridized carbons (Fsp3) is 0.927. The first-order chi connectivity index (χ1) is 32.3.